The maximum absolute atomic E-state index is 6.03. The van der Waals surface area contributed by atoms with Crippen molar-refractivity contribution in [2.45, 2.75) is 20.8 Å². The summed E-state index contributed by atoms with van der Waals surface area (Å²) in [6.07, 6.45) is 3.18. The molecule has 1 radical (unpaired) electrons. The quantitative estimate of drug-likeness (QED) is 0.157. The summed E-state index contributed by atoms with van der Waals surface area (Å²) in [6.45, 7) is 5.61. The van der Waals surface area contributed by atoms with Gasteiger partial charge in [-0.1, -0.05) is 60.7 Å². The predicted molar refractivity (Wildman–Crippen MR) is 178 cm³/mol. The van der Waals surface area contributed by atoms with Crippen LogP contribution in [0, 0.1) is 20.8 Å². The minimum atomic E-state index is 0. The fraction of sp³-hybridized carbons (Fsp3) is 0.111. The molecule has 0 bridgehead atoms. The monoisotopic (exact) mass is 733 g/mol. The molecule has 0 saturated heterocycles. The first-order valence-corrected chi connectivity index (χ1v) is 13.8. The molecule has 3 aromatic heterocycles. The SMILES string of the molecule is Cc1cncc(N)n1.Cc1nc(N)c(-c2ccccc2)nc1-c1ccccc1.Cc1nc(N)c(Br)nc1Br.[B]=NS.[H-].[K+]. The Balaban J connectivity index is 0.000000646. The summed E-state index contributed by atoms with van der Waals surface area (Å²) >= 11 is 9.56. The Labute approximate surface area is 313 Å². The number of benzene rings is 2. The molecule has 6 N–H and O–H groups in total. The van der Waals surface area contributed by atoms with Crippen molar-refractivity contribution in [3.63, 3.8) is 0 Å². The minimum Gasteiger partial charge on any atom is -1.00 e. The summed E-state index contributed by atoms with van der Waals surface area (Å²) in [5, 5.41) is 0. The van der Waals surface area contributed by atoms with Gasteiger partial charge in [0.15, 0.2) is 5.82 Å². The predicted octanol–water partition coefficient (Wildman–Crippen LogP) is 3.26. The van der Waals surface area contributed by atoms with Crippen LogP contribution in [0.4, 0.5) is 17.5 Å². The topological polar surface area (TPSA) is 168 Å². The van der Waals surface area contributed by atoms with Crippen LogP contribution in [0.1, 0.15) is 18.5 Å². The summed E-state index contributed by atoms with van der Waals surface area (Å²) in [5.41, 5.74) is 22.9. The van der Waals surface area contributed by atoms with Gasteiger partial charge in [-0.2, -0.15) is 0 Å². The van der Waals surface area contributed by atoms with E-state index < -0.39 is 0 Å². The Bertz CT molecular complexity index is 1450. The Morgan fingerprint density at radius 2 is 1.19 bits per heavy atom. The van der Waals surface area contributed by atoms with Crippen LogP contribution in [0.2, 0.25) is 0 Å². The number of nitrogen functional groups attached to an aromatic ring is 3. The number of thiol groups is 1. The van der Waals surface area contributed by atoms with Gasteiger partial charge in [0.1, 0.15) is 26.5 Å². The maximum atomic E-state index is 6.03. The molecule has 0 aliphatic rings. The third-order valence-corrected chi connectivity index (χ3v) is 6.29. The van der Waals surface area contributed by atoms with E-state index in [2.05, 4.69) is 81.5 Å². The van der Waals surface area contributed by atoms with Gasteiger partial charge < -0.3 is 18.6 Å². The first-order valence-electron chi connectivity index (χ1n) is 11.9. The van der Waals surface area contributed by atoms with Crippen molar-refractivity contribution in [3.8, 4) is 22.5 Å². The van der Waals surface area contributed by atoms with Crippen LogP contribution < -0.4 is 68.6 Å². The third-order valence-electron chi connectivity index (χ3n) is 4.96. The van der Waals surface area contributed by atoms with Crippen molar-refractivity contribution in [2.75, 3.05) is 17.2 Å². The number of nitrogens with zero attached hydrogens (tertiary/aromatic N) is 7. The van der Waals surface area contributed by atoms with Gasteiger partial charge in [0.2, 0.25) is 0 Å². The van der Waals surface area contributed by atoms with Crippen LogP contribution in [0.15, 0.2) is 86.6 Å². The van der Waals surface area contributed by atoms with Crippen molar-refractivity contribution in [1.82, 2.24) is 29.9 Å². The fourth-order valence-corrected chi connectivity index (χ4v) is 3.96. The van der Waals surface area contributed by atoms with E-state index in [0.717, 1.165) is 39.6 Å². The molecule has 0 spiro atoms. The zero-order valence-electron chi connectivity index (χ0n) is 24.6. The zero-order valence-corrected chi connectivity index (χ0v) is 30.8. The molecule has 5 aromatic rings. The molecular formula is C27H29BBr2KN10S. The van der Waals surface area contributed by atoms with Crippen LogP contribution in [0.5, 0.6) is 0 Å². The summed E-state index contributed by atoms with van der Waals surface area (Å²) in [6, 6.07) is 19.9. The number of halogens is 2. The van der Waals surface area contributed by atoms with Gasteiger partial charge in [-0.15, -0.1) is 0 Å². The van der Waals surface area contributed by atoms with Crippen LogP contribution in [-0.2, 0) is 0 Å². The molecule has 2 aromatic carbocycles. The van der Waals surface area contributed by atoms with E-state index in [0.29, 0.717) is 26.7 Å². The van der Waals surface area contributed by atoms with Crippen molar-refractivity contribution < 1.29 is 52.8 Å². The number of anilines is 3. The molecule has 0 atom stereocenters. The normalized spacial score (nSPS) is 9.36. The molecule has 0 amide bonds. The second-order valence-electron chi connectivity index (χ2n) is 8.10. The largest absolute Gasteiger partial charge is 1.00 e. The first kappa shape index (κ1) is 37.9. The second kappa shape index (κ2) is 20.0. The molecule has 211 valence electrons. The van der Waals surface area contributed by atoms with Crippen molar-refractivity contribution in [3.05, 3.63) is 99.3 Å². The van der Waals surface area contributed by atoms with Gasteiger partial charge in [0, 0.05) is 17.3 Å². The van der Waals surface area contributed by atoms with E-state index in [9.17, 15) is 0 Å². The van der Waals surface area contributed by atoms with E-state index in [4.69, 9.17) is 22.2 Å². The Morgan fingerprint density at radius 1 is 0.690 bits per heavy atom. The van der Waals surface area contributed by atoms with Crippen molar-refractivity contribution in [2.24, 2.45) is 4.30 Å². The second-order valence-corrected chi connectivity index (χ2v) is 9.83. The average molecular weight is 735 g/mol. The van der Waals surface area contributed by atoms with Crippen LogP contribution in [0.25, 0.3) is 22.5 Å². The Hall–Kier alpha value is -2.11. The molecule has 3 heterocycles. The van der Waals surface area contributed by atoms with Gasteiger partial charge in [-0.3, -0.25) is 4.98 Å². The maximum Gasteiger partial charge on any atom is 1.00 e. The Kier molecular flexibility index (Phi) is 18.0. The van der Waals surface area contributed by atoms with Gasteiger partial charge in [0.25, 0.3) is 0 Å². The molecule has 0 aliphatic carbocycles. The average Bonchev–Trinajstić information content (AvgIpc) is 2.94. The molecule has 5 rings (SSSR count). The smallest absolute Gasteiger partial charge is 1.00 e. The van der Waals surface area contributed by atoms with E-state index in [-0.39, 0.29) is 52.8 Å². The molecule has 0 unspecified atom stereocenters. The van der Waals surface area contributed by atoms with Gasteiger partial charge in [-0.25, -0.2) is 24.9 Å². The summed E-state index contributed by atoms with van der Waals surface area (Å²) in [7, 11) is 4.34. The van der Waals surface area contributed by atoms with Crippen LogP contribution in [0.3, 0.4) is 0 Å². The molecule has 0 saturated carbocycles. The summed E-state index contributed by atoms with van der Waals surface area (Å²) in [4.78, 5) is 24.9. The van der Waals surface area contributed by atoms with E-state index in [1.54, 1.807) is 6.20 Å². The number of nitrogens with two attached hydrogens (primary N) is 3. The molecule has 0 aliphatic heterocycles. The molecule has 10 nitrogen and oxygen atoms in total. The fourth-order valence-electron chi connectivity index (χ4n) is 3.19. The minimum absolute atomic E-state index is 0. The van der Waals surface area contributed by atoms with Crippen molar-refractivity contribution in [1.29, 1.82) is 0 Å². The van der Waals surface area contributed by atoms with Crippen LogP contribution in [-0.4, -0.2) is 37.5 Å². The zero-order chi connectivity index (χ0) is 30.4. The molecular weight excluding hydrogens is 706 g/mol. The third kappa shape index (κ3) is 12.6. The molecule has 42 heavy (non-hydrogen) atoms. The van der Waals surface area contributed by atoms with E-state index in [1.165, 1.54) is 6.20 Å². The summed E-state index contributed by atoms with van der Waals surface area (Å²) in [5.74, 6) is 1.36. The van der Waals surface area contributed by atoms with E-state index in [1.807, 2.05) is 81.4 Å². The first-order chi connectivity index (χ1) is 19.6. The number of aromatic nitrogens is 6. The van der Waals surface area contributed by atoms with Gasteiger partial charge in [0.05, 0.1) is 29.0 Å². The van der Waals surface area contributed by atoms with Gasteiger partial charge in [-0.05, 0) is 52.6 Å². The number of hydrogen-bond acceptors (Lipinski definition) is 11. The summed E-state index contributed by atoms with van der Waals surface area (Å²) < 4.78 is 3.98. The van der Waals surface area contributed by atoms with Gasteiger partial charge >= 0.3 is 76.1 Å². The number of hydrogen-bond donors (Lipinski definition) is 4. The number of aryl methyl sites for hydroxylation is 3. The molecule has 0 fully saturated rings. The Morgan fingerprint density at radius 3 is 1.64 bits per heavy atom. The van der Waals surface area contributed by atoms with Crippen molar-refractivity contribution >= 4 is 69.8 Å². The number of rotatable bonds is 2. The standard InChI is InChI=1S/C17H15N3.C5H5Br2N3.C5H7N3.BHNS.K.H/c1-12-15(13-8-4-2-5-9-13)20-16(17(18)19-12)14-10-6-3-7-11-14;1-2-3(6)10-4(7)5(8)9-2;1-4-2-7-3-5(6)8-4;1-2-3;;/h2-11H,1H3,(H2,18,19);1H3,(H2,8,9);2-3H,1H3,(H2,6,8);3H;;/q;;;;+1;-1. The van der Waals surface area contributed by atoms with E-state index >= 15 is 0 Å². The molecule has 15 heteroatoms. The van der Waals surface area contributed by atoms with Crippen LogP contribution >= 0.6 is 44.7 Å².